The van der Waals surface area contributed by atoms with Crippen LogP contribution in [-0.4, -0.2) is 71.9 Å². The number of alkyl halides is 2. The van der Waals surface area contributed by atoms with Crippen molar-refractivity contribution in [2.45, 2.75) is 28.5 Å². The van der Waals surface area contributed by atoms with Crippen LogP contribution in [0.25, 0.3) is 0 Å². The van der Waals surface area contributed by atoms with Gasteiger partial charge in [0.15, 0.2) is 44.5 Å². The summed E-state index contributed by atoms with van der Waals surface area (Å²) in [6.07, 6.45) is 0.848. The summed E-state index contributed by atoms with van der Waals surface area (Å²) in [7, 11) is 1.22. The number of carbonyl (C=O) groups excluding carboxylic acids is 4. The molecule has 2 aliphatic carbocycles. The summed E-state index contributed by atoms with van der Waals surface area (Å²) in [5.74, 6) is -22.3. The molecular formula is C37H26Br2Cl2F5N3O7. The molecule has 19 heteroatoms. The van der Waals surface area contributed by atoms with Gasteiger partial charge in [0.25, 0.3) is 11.8 Å². The summed E-state index contributed by atoms with van der Waals surface area (Å²) in [5, 5.41) is 10.8. The summed E-state index contributed by atoms with van der Waals surface area (Å²) in [4.78, 5) is 55.1. The second-order valence-corrected chi connectivity index (χ2v) is 16.8. The lowest BCUT2D eigenvalue weighted by Crippen LogP contribution is -2.60. The van der Waals surface area contributed by atoms with Crippen LogP contribution in [0, 0.1) is 46.8 Å². The second kappa shape index (κ2) is 13.7. The van der Waals surface area contributed by atoms with Crippen LogP contribution >= 0.6 is 55.1 Å². The number of ether oxygens (including phenoxy) is 2. The van der Waals surface area contributed by atoms with Crippen molar-refractivity contribution in [3.8, 4) is 11.5 Å². The third-order valence-corrected chi connectivity index (χ3v) is 15.0. The number of hydrogen-bond acceptors (Lipinski definition) is 8. The van der Waals surface area contributed by atoms with Gasteiger partial charge in [-0.25, -0.2) is 26.9 Å². The number of aromatic hydroxyl groups is 1. The minimum atomic E-state index is -2.77. The van der Waals surface area contributed by atoms with E-state index in [1.165, 1.54) is 13.2 Å². The molecule has 8 rings (SSSR count). The quantitative estimate of drug-likeness (QED) is 0.0713. The van der Waals surface area contributed by atoms with E-state index in [2.05, 4.69) is 36.8 Å². The maximum atomic E-state index is 15.4. The highest BCUT2D eigenvalue weighted by Crippen LogP contribution is 2.67. The molecule has 5 aliphatic rings. The summed E-state index contributed by atoms with van der Waals surface area (Å²) in [6, 6.07) is 8.05. The number of halogens is 9. The summed E-state index contributed by atoms with van der Waals surface area (Å²) in [6.45, 7) is 2.37. The molecule has 0 radical (unpaired) electrons. The van der Waals surface area contributed by atoms with Crippen molar-refractivity contribution >= 4 is 95.8 Å². The van der Waals surface area contributed by atoms with Gasteiger partial charge in [0.1, 0.15) is 5.69 Å². The van der Waals surface area contributed by atoms with Gasteiger partial charge in [0.05, 0.1) is 42.3 Å². The topological polar surface area (TPSA) is 117 Å². The molecule has 4 amide bonds. The van der Waals surface area contributed by atoms with Crippen LogP contribution < -0.4 is 19.4 Å². The molecule has 3 aliphatic heterocycles. The van der Waals surface area contributed by atoms with Crippen molar-refractivity contribution in [2.75, 3.05) is 48.1 Å². The van der Waals surface area contributed by atoms with Gasteiger partial charge in [-0.2, -0.15) is 0 Å². The molecule has 10 nitrogen and oxygen atoms in total. The Morgan fingerprint density at radius 3 is 2.02 bits per heavy atom. The largest absolute Gasteiger partial charge is 0.503 e. The lowest BCUT2D eigenvalue weighted by Gasteiger charge is -2.51. The molecule has 0 aromatic heterocycles. The number of phenols is 1. The Labute approximate surface area is 341 Å². The minimum Gasteiger partial charge on any atom is -0.503 e. The fourth-order valence-electron chi connectivity index (χ4n) is 8.78. The van der Waals surface area contributed by atoms with E-state index in [1.807, 2.05) is 0 Å². The van der Waals surface area contributed by atoms with E-state index in [1.54, 1.807) is 30.3 Å². The van der Waals surface area contributed by atoms with Crippen LogP contribution in [0.3, 0.4) is 0 Å². The maximum Gasteiger partial charge on any atom is 0.258 e. The molecule has 3 saturated heterocycles. The highest BCUT2D eigenvalue weighted by Gasteiger charge is 2.77. The smallest absolute Gasteiger partial charge is 0.258 e. The van der Waals surface area contributed by atoms with Crippen LogP contribution in [0.15, 0.2) is 50.9 Å². The molecule has 3 aromatic rings. The van der Waals surface area contributed by atoms with Gasteiger partial charge in [-0.3, -0.25) is 24.1 Å². The molecule has 0 bridgehead atoms. The van der Waals surface area contributed by atoms with E-state index in [9.17, 15) is 37.5 Å². The highest BCUT2D eigenvalue weighted by molar-refractivity contribution is 9.13. The van der Waals surface area contributed by atoms with Gasteiger partial charge in [0, 0.05) is 29.2 Å². The van der Waals surface area contributed by atoms with Crippen LogP contribution in [0.1, 0.15) is 24.3 Å². The van der Waals surface area contributed by atoms with E-state index in [0.29, 0.717) is 26.3 Å². The van der Waals surface area contributed by atoms with E-state index in [0.717, 1.165) is 10.6 Å². The first-order valence-corrected chi connectivity index (χ1v) is 19.4. The standard InChI is InChI=1S/C37H26Br2Cl2F5N3O7/c1-55-20-12-18(23(38)24(39)31(20)50)22-16-6-7-17-21(33(52)48(32(17)51)15-4-2-14(3-5-15)47-8-10-56-11-9-47)19(16)13-36(40)34(53)49(35(54)37(22,36)41)30-28(45)26(43)25(42)27(44)29(30)46/h2-6,12,17,19,21-22,50H,7-11,13H2,1H3/t17-,19+,21-,22+,36+,37-/m0/s1. The van der Waals surface area contributed by atoms with Crippen molar-refractivity contribution < 1.29 is 55.7 Å². The van der Waals surface area contributed by atoms with Gasteiger partial charge in [-0.05, 0) is 86.5 Å². The van der Waals surface area contributed by atoms with Gasteiger partial charge in [0.2, 0.25) is 17.6 Å². The Kier molecular flexibility index (Phi) is 9.54. The summed E-state index contributed by atoms with van der Waals surface area (Å²) >= 11 is 21.1. The Hall–Kier alpha value is -3.77. The zero-order valence-electron chi connectivity index (χ0n) is 28.7. The average molecular weight is 950 g/mol. The molecule has 4 fully saturated rings. The van der Waals surface area contributed by atoms with Crippen LogP contribution in [0.4, 0.5) is 39.0 Å². The number of carbonyl (C=O) groups is 4. The number of amides is 4. The Balaban J connectivity index is 1.28. The fourth-order valence-corrected chi connectivity index (χ4v) is 10.7. The first kappa shape index (κ1) is 39.1. The Morgan fingerprint density at radius 2 is 1.41 bits per heavy atom. The van der Waals surface area contributed by atoms with Gasteiger partial charge < -0.3 is 19.5 Å². The number of allylic oxidation sites excluding steroid dienone is 2. The van der Waals surface area contributed by atoms with Gasteiger partial charge >= 0.3 is 0 Å². The number of anilines is 3. The van der Waals surface area contributed by atoms with Crippen LogP contribution in [-0.2, 0) is 23.9 Å². The number of benzene rings is 3. The van der Waals surface area contributed by atoms with Crippen LogP contribution in [0.5, 0.6) is 11.5 Å². The number of imide groups is 2. The lowest BCUT2D eigenvalue weighted by atomic mass is 9.56. The molecule has 1 saturated carbocycles. The fraction of sp³-hybridized carbons (Fsp3) is 0.351. The molecular weight excluding hydrogens is 924 g/mol. The van der Waals surface area contributed by atoms with Crippen molar-refractivity contribution in [1.29, 1.82) is 0 Å². The highest BCUT2D eigenvalue weighted by atomic mass is 79.9. The first-order chi connectivity index (χ1) is 26.5. The van der Waals surface area contributed by atoms with Gasteiger partial charge in [-0.15, -0.1) is 23.2 Å². The molecule has 3 aromatic carbocycles. The minimum absolute atomic E-state index is 0.0177. The lowest BCUT2D eigenvalue weighted by molar-refractivity contribution is -0.125. The Morgan fingerprint density at radius 1 is 0.821 bits per heavy atom. The van der Waals surface area contributed by atoms with Crippen LogP contribution in [0.2, 0.25) is 0 Å². The number of hydrogen-bond donors (Lipinski definition) is 1. The third kappa shape index (κ3) is 5.18. The number of fused-ring (bicyclic) bond motifs is 4. The maximum absolute atomic E-state index is 15.4. The molecule has 0 unspecified atom stereocenters. The SMILES string of the molecule is COc1cc([C@H]2C3=CC[C@@H]4C(=O)N(c5ccc(N6CCOCC6)cc5)C(=O)[C@@H]4[C@@H]3C[C@@]3(Cl)C(=O)N(c4c(F)c(F)c(F)c(F)c4F)C(=O)[C@@]23Cl)c(Br)c(Br)c1O. The molecule has 1 N–H and O–H groups in total. The van der Waals surface area contributed by atoms with E-state index in [-0.39, 0.29) is 42.8 Å². The normalized spacial score (nSPS) is 28.8. The van der Waals surface area contributed by atoms with Gasteiger partial charge in [-0.1, -0.05) is 11.6 Å². The monoisotopic (exact) mass is 947 g/mol. The predicted octanol–water partition coefficient (Wildman–Crippen LogP) is 7.23. The summed E-state index contributed by atoms with van der Waals surface area (Å²) < 4.78 is 84.9. The number of nitrogens with zero attached hydrogens (tertiary/aromatic N) is 3. The zero-order chi connectivity index (χ0) is 40.3. The molecule has 0 spiro atoms. The van der Waals surface area contributed by atoms with Crippen molar-refractivity contribution in [3.05, 3.63) is 85.6 Å². The average Bonchev–Trinajstić information content (AvgIpc) is 3.54. The number of morpholine rings is 1. The van der Waals surface area contributed by atoms with Crippen molar-refractivity contribution in [1.82, 2.24) is 0 Å². The number of methoxy groups -OCH3 is 1. The predicted molar refractivity (Wildman–Crippen MR) is 198 cm³/mol. The van der Waals surface area contributed by atoms with E-state index < -0.39 is 104 Å². The van der Waals surface area contributed by atoms with Crippen molar-refractivity contribution in [2.24, 2.45) is 17.8 Å². The number of phenolic OH excluding ortho intramolecular Hbond substituents is 1. The number of rotatable bonds is 5. The first-order valence-electron chi connectivity index (χ1n) is 17.0. The van der Waals surface area contributed by atoms with E-state index >= 15 is 8.78 Å². The second-order valence-electron chi connectivity index (χ2n) is 14.0. The third-order valence-electron chi connectivity index (χ3n) is 11.4. The molecule has 3 heterocycles. The molecule has 56 heavy (non-hydrogen) atoms. The van der Waals surface area contributed by atoms with Crippen molar-refractivity contribution in [3.63, 3.8) is 0 Å². The molecule has 6 atom stereocenters. The zero-order valence-corrected chi connectivity index (χ0v) is 33.3. The van der Waals surface area contributed by atoms with E-state index in [4.69, 9.17) is 32.7 Å². The molecule has 294 valence electrons. The Bertz CT molecular complexity index is 2290. The summed E-state index contributed by atoms with van der Waals surface area (Å²) in [5.41, 5.74) is -0.523.